The van der Waals surface area contributed by atoms with Gasteiger partial charge in [0.1, 0.15) is 5.75 Å². The van der Waals surface area contributed by atoms with Crippen LogP contribution in [0.1, 0.15) is 5.56 Å². The quantitative estimate of drug-likeness (QED) is 0.592. The van der Waals surface area contributed by atoms with Gasteiger partial charge in [-0.05, 0) is 42.9 Å². The second-order valence-electron chi connectivity index (χ2n) is 4.33. The van der Waals surface area contributed by atoms with Gasteiger partial charge in [0.25, 0.3) is 0 Å². The molecule has 4 heteroatoms. The average molecular weight is 352 g/mol. The van der Waals surface area contributed by atoms with Gasteiger partial charge in [-0.25, -0.2) is 0 Å². The standard InChI is InChI=1S/C16H18BrNOS/c1-18-12-13-4-2-7-16(10-13)20-9-8-19-15-6-3-5-14(17)11-15/h2-7,10-11,18H,8-9,12H2,1H3. The molecule has 0 saturated heterocycles. The van der Waals surface area contributed by atoms with Gasteiger partial charge >= 0.3 is 0 Å². The molecule has 1 N–H and O–H groups in total. The lowest BCUT2D eigenvalue weighted by atomic mass is 10.2. The maximum atomic E-state index is 5.72. The van der Waals surface area contributed by atoms with Crippen molar-refractivity contribution in [3.8, 4) is 5.75 Å². The largest absolute Gasteiger partial charge is 0.493 e. The zero-order valence-corrected chi connectivity index (χ0v) is 13.8. The number of thioether (sulfide) groups is 1. The van der Waals surface area contributed by atoms with E-state index in [0.717, 1.165) is 22.5 Å². The van der Waals surface area contributed by atoms with Crippen LogP contribution in [0.25, 0.3) is 0 Å². The first-order valence-corrected chi connectivity index (χ1v) is 8.30. The van der Waals surface area contributed by atoms with E-state index < -0.39 is 0 Å². The molecular formula is C16H18BrNOS. The first kappa shape index (κ1) is 15.4. The van der Waals surface area contributed by atoms with Crippen molar-refractivity contribution in [1.29, 1.82) is 0 Å². The highest BCUT2D eigenvalue weighted by atomic mass is 79.9. The van der Waals surface area contributed by atoms with Gasteiger partial charge in [0, 0.05) is 21.7 Å². The topological polar surface area (TPSA) is 21.3 Å². The number of hydrogen-bond donors (Lipinski definition) is 1. The highest BCUT2D eigenvalue weighted by molar-refractivity contribution is 9.10. The normalized spacial score (nSPS) is 10.5. The lowest BCUT2D eigenvalue weighted by Crippen LogP contribution is -2.04. The van der Waals surface area contributed by atoms with E-state index in [1.54, 1.807) is 0 Å². The fraction of sp³-hybridized carbons (Fsp3) is 0.250. The molecule has 0 saturated carbocycles. The van der Waals surface area contributed by atoms with Crippen LogP contribution in [0.2, 0.25) is 0 Å². The fourth-order valence-electron chi connectivity index (χ4n) is 1.83. The maximum Gasteiger partial charge on any atom is 0.120 e. The summed E-state index contributed by atoms with van der Waals surface area (Å²) in [5, 5.41) is 3.17. The van der Waals surface area contributed by atoms with Gasteiger partial charge in [-0.2, -0.15) is 0 Å². The Morgan fingerprint density at radius 2 is 2.00 bits per heavy atom. The van der Waals surface area contributed by atoms with Crippen molar-refractivity contribution < 1.29 is 4.74 Å². The second-order valence-corrected chi connectivity index (χ2v) is 6.42. The smallest absolute Gasteiger partial charge is 0.120 e. The number of hydrogen-bond acceptors (Lipinski definition) is 3. The van der Waals surface area contributed by atoms with E-state index in [4.69, 9.17) is 4.74 Å². The minimum atomic E-state index is 0.706. The van der Waals surface area contributed by atoms with Crippen LogP contribution in [-0.2, 0) is 6.54 Å². The maximum absolute atomic E-state index is 5.72. The fourth-order valence-corrected chi connectivity index (χ4v) is 3.02. The van der Waals surface area contributed by atoms with Crippen molar-refractivity contribution in [3.05, 3.63) is 58.6 Å². The summed E-state index contributed by atoms with van der Waals surface area (Å²) in [6.07, 6.45) is 0. The van der Waals surface area contributed by atoms with Crippen LogP contribution >= 0.6 is 27.7 Å². The van der Waals surface area contributed by atoms with E-state index in [0.29, 0.717) is 6.61 Å². The van der Waals surface area contributed by atoms with E-state index in [1.165, 1.54) is 10.5 Å². The van der Waals surface area contributed by atoms with Crippen molar-refractivity contribution in [2.45, 2.75) is 11.4 Å². The van der Waals surface area contributed by atoms with Crippen molar-refractivity contribution in [2.75, 3.05) is 19.4 Å². The summed E-state index contributed by atoms with van der Waals surface area (Å²) in [7, 11) is 1.96. The Hall–Kier alpha value is -0.970. The van der Waals surface area contributed by atoms with Crippen molar-refractivity contribution >= 4 is 27.7 Å². The van der Waals surface area contributed by atoms with Crippen LogP contribution in [0, 0.1) is 0 Å². The van der Waals surface area contributed by atoms with Crippen LogP contribution in [-0.4, -0.2) is 19.4 Å². The lowest BCUT2D eigenvalue weighted by molar-refractivity contribution is 0.344. The van der Waals surface area contributed by atoms with Crippen molar-refractivity contribution in [2.24, 2.45) is 0 Å². The number of nitrogens with one attached hydrogen (secondary N) is 1. The molecule has 2 rings (SSSR count). The molecule has 0 fully saturated rings. The van der Waals surface area contributed by atoms with Crippen LogP contribution in [0.3, 0.4) is 0 Å². The van der Waals surface area contributed by atoms with Crippen LogP contribution < -0.4 is 10.1 Å². The second kappa shape index (κ2) is 8.35. The SMILES string of the molecule is CNCc1cccc(SCCOc2cccc(Br)c2)c1. The summed E-state index contributed by atoms with van der Waals surface area (Å²) < 4.78 is 6.77. The number of halogens is 1. The monoisotopic (exact) mass is 351 g/mol. The van der Waals surface area contributed by atoms with Gasteiger partial charge in [-0.15, -0.1) is 11.8 Å². The first-order chi connectivity index (χ1) is 9.78. The van der Waals surface area contributed by atoms with E-state index in [1.807, 2.05) is 43.1 Å². The lowest BCUT2D eigenvalue weighted by Gasteiger charge is -2.07. The number of ether oxygens (including phenoxy) is 1. The zero-order chi connectivity index (χ0) is 14.2. The van der Waals surface area contributed by atoms with E-state index in [2.05, 4.69) is 45.5 Å². The Morgan fingerprint density at radius 3 is 2.80 bits per heavy atom. The van der Waals surface area contributed by atoms with Gasteiger partial charge < -0.3 is 10.1 Å². The molecule has 0 aliphatic heterocycles. The third-order valence-electron chi connectivity index (χ3n) is 2.70. The Bertz CT molecular complexity index is 548. The highest BCUT2D eigenvalue weighted by Gasteiger charge is 1.98. The minimum absolute atomic E-state index is 0.706. The van der Waals surface area contributed by atoms with Crippen LogP contribution in [0.5, 0.6) is 5.75 Å². The van der Waals surface area contributed by atoms with Crippen LogP contribution in [0.4, 0.5) is 0 Å². The molecule has 0 radical (unpaired) electrons. The summed E-state index contributed by atoms with van der Waals surface area (Å²) >= 11 is 5.26. The minimum Gasteiger partial charge on any atom is -0.493 e. The van der Waals surface area contributed by atoms with E-state index in [-0.39, 0.29) is 0 Å². The summed E-state index contributed by atoms with van der Waals surface area (Å²) in [5.41, 5.74) is 1.31. The first-order valence-electron chi connectivity index (χ1n) is 6.52. The molecule has 0 aromatic heterocycles. The molecule has 106 valence electrons. The molecular weight excluding hydrogens is 334 g/mol. The number of benzene rings is 2. The molecule has 2 nitrogen and oxygen atoms in total. The molecule has 0 unspecified atom stereocenters. The Morgan fingerprint density at radius 1 is 1.15 bits per heavy atom. The molecule has 0 heterocycles. The van der Waals surface area contributed by atoms with Gasteiger partial charge in [0.05, 0.1) is 6.61 Å². The highest BCUT2D eigenvalue weighted by Crippen LogP contribution is 2.21. The summed E-state index contributed by atoms with van der Waals surface area (Å²) in [6, 6.07) is 16.5. The molecule has 0 amide bonds. The van der Waals surface area contributed by atoms with Crippen molar-refractivity contribution in [1.82, 2.24) is 5.32 Å². The predicted octanol–water partition coefficient (Wildman–Crippen LogP) is 4.34. The van der Waals surface area contributed by atoms with E-state index in [9.17, 15) is 0 Å². The third kappa shape index (κ3) is 5.19. The van der Waals surface area contributed by atoms with Crippen LogP contribution in [0.15, 0.2) is 57.9 Å². The average Bonchev–Trinajstić information content (AvgIpc) is 2.45. The molecule has 2 aromatic rings. The molecule has 0 aliphatic rings. The molecule has 2 aromatic carbocycles. The van der Waals surface area contributed by atoms with Gasteiger partial charge in [0.15, 0.2) is 0 Å². The summed E-state index contributed by atoms with van der Waals surface area (Å²) in [5.74, 6) is 1.85. The molecule has 0 atom stereocenters. The molecule has 0 bridgehead atoms. The third-order valence-corrected chi connectivity index (χ3v) is 4.15. The number of rotatable bonds is 7. The summed E-state index contributed by atoms with van der Waals surface area (Å²) in [6.45, 7) is 1.61. The molecule has 20 heavy (non-hydrogen) atoms. The Labute approximate surface area is 133 Å². The van der Waals surface area contributed by atoms with E-state index >= 15 is 0 Å². The van der Waals surface area contributed by atoms with Gasteiger partial charge in [0.2, 0.25) is 0 Å². The van der Waals surface area contributed by atoms with Gasteiger partial charge in [-0.1, -0.05) is 34.1 Å². The molecule has 0 spiro atoms. The summed E-state index contributed by atoms with van der Waals surface area (Å²) in [4.78, 5) is 1.29. The van der Waals surface area contributed by atoms with Crippen molar-refractivity contribution in [3.63, 3.8) is 0 Å². The zero-order valence-electron chi connectivity index (χ0n) is 11.4. The predicted molar refractivity (Wildman–Crippen MR) is 89.6 cm³/mol. The Balaban J connectivity index is 1.77. The van der Waals surface area contributed by atoms with Gasteiger partial charge in [-0.3, -0.25) is 0 Å². The molecule has 0 aliphatic carbocycles. The Kier molecular flexibility index (Phi) is 6.43.